The average molecular weight is 458 g/mol. The first kappa shape index (κ1) is 22.8. The topological polar surface area (TPSA) is 98.8 Å². The second-order valence-corrected chi connectivity index (χ2v) is 8.49. The molecule has 0 aliphatic heterocycles. The van der Waals surface area contributed by atoms with Crippen molar-refractivity contribution in [2.24, 2.45) is 10.9 Å². The van der Waals surface area contributed by atoms with Crippen LogP contribution in [0.5, 0.6) is 0 Å². The number of hydrogen-bond acceptors (Lipinski definition) is 4. The number of hydrogen-bond donors (Lipinski definition) is 3. The molecule has 1 amide bonds. The number of aromatic amines is 2. The van der Waals surface area contributed by atoms with E-state index in [0.717, 1.165) is 24.8 Å². The van der Waals surface area contributed by atoms with Crippen molar-refractivity contribution in [3.05, 3.63) is 53.0 Å². The highest BCUT2D eigenvalue weighted by molar-refractivity contribution is 6.14. The average Bonchev–Trinajstić information content (AvgIpc) is 3.43. The Morgan fingerprint density at radius 2 is 2.06 bits per heavy atom. The van der Waals surface area contributed by atoms with Crippen molar-refractivity contribution in [3.63, 3.8) is 0 Å². The summed E-state index contributed by atoms with van der Waals surface area (Å²) in [4.78, 5) is 17.2. The molecule has 0 saturated carbocycles. The number of carbonyl (C=O) groups excluding carboxylic acids is 1. The summed E-state index contributed by atoms with van der Waals surface area (Å²) >= 11 is 0. The summed E-state index contributed by atoms with van der Waals surface area (Å²) in [6.45, 7) is 4.48. The number of halogens is 3. The van der Waals surface area contributed by atoms with E-state index in [4.69, 9.17) is 0 Å². The summed E-state index contributed by atoms with van der Waals surface area (Å²) in [6, 6.07) is 5.07. The molecule has 0 unspecified atom stereocenters. The SMILES string of the molecule is CC(C)CNC(=O)c1n[nH]c2ccc(/N=C(\C3=CCCCC3)c3c[nH]nc3C(F)(F)F)cc12. The van der Waals surface area contributed by atoms with Crippen molar-refractivity contribution in [1.82, 2.24) is 25.7 Å². The van der Waals surface area contributed by atoms with Gasteiger partial charge in [0.25, 0.3) is 5.91 Å². The molecular weight excluding hydrogens is 433 g/mol. The van der Waals surface area contributed by atoms with Crippen molar-refractivity contribution >= 4 is 28.2 Å². The summed E-state index contributed by atoms with van der Waals surface area (Å²) in [5.74, 6) is -0.0380. The minimum Gasteiger partial charge on any atom is -0.350 e. The third kappa shape index (κ3) is 4.99. The van der Waals surface area contributed by atoms with Gasteiger partial charge >= 0.3 is 6.18 Å². The molecule has 3 aromatic rings. The largest absolute Gasteiger partial charge is 0.435 e. The summed E-state index contributed by atoms with van der Waals surface area (Å²) in [6.07, 6.45) is 1.86. The fourth-order valence-corrected chi connectivity index (χ4v) is 3.80. The van der Waals surface area contributed by atoms with Crippen LogP contribution in [-0.4, -0.2) is 38.6 Å². The smallest absolute Gasteiger partial charge is 0.350 e. The van der Waals surface area contributed by atoms with Crippen LogP contribution in [0.15, 0.2) is 41.0 Å². The van der Waals surface area contributed by atoms with Crippen molar-refractivity contribution in [2.75, 3.05) is 6.54 Å². The zero-order chi connectivity index (χ0) is 23.6. The molecule has 3 N–H and O–H groups in total. The maximum atomic E-state index is 13.6. The van der Waals surface area contributed by atoms with E-state index >= 15 is 0 Å². The number of aromatic nitrogens is 4. The molecule has 0 bridgehead atoms. The van der Waals surface area contributed by atoms with Crippen molar-refractivity contribution in [1.29, 1.82) is 0 Å². The van der Waals surface area contributed by atoms with Gasteiger partial charge in [-0.25, -0.2) is 4.99 Å². The molecule has 0 spiro atoms. The third-order valence-corrected chi connectivity index (χ3v) is 5.43. The van der Waals surface area contributed by atoms with E-state index in [9.17, 15) is 18.0 Å². The zero-order valence-corrected chi connectivity index (χ0v) is 18.4. The van der Waals surface area contributed by atoms with Crippen LogP contribution in [0, 0.1) is 5.92 Å². The number of allylic oxidation sites excluding steroid dienone is 2. The Labute approximate surface area is 188 Å². The molecule has 174 valence electrons. The minimum atomic E-state index is -4.61. The Morgan fingerprint density at radius 1 is 1.24 bits per heavy atom. The maximum absolute atomic E-state index is 13.6. The molecule has 2 heterocycles. The monoisotopic (exact) mass is 458 g/mol. The molecule has 10 heteroatoms. The van der Waals surface area contributed by atoms with E-state index < -0.39 is 11.9 Å². The molecule has 1 aliphatic rings. The van der Waals surface area contributed by atoms with Crippen LogP contribution in [0.2, 0.25) is 0 Å². The van der Waals surface area contributed by atoms with Gasteiger partial charge in [0.1, 0.15) is 0 Å². The lowest BCUT2D eigenvalue weighted by Crippen LogP contribution is -2.27. The van der Waals surface area contributed by atoms with E-state index in [1.807, 2.05) is 19.9 Å². The zero-order valence-electron chi connectivity index (χ0n) is 18.4. The predicted molar refractivity (Wildman–Crippen MR) is 120 cm³/mol. The fourth-order valence-electron chi connectivity index (χ4n) is 3.80. The summed E-state index contributed by atoms with van der Waals surface area (Å²) < 4.78 is 40.7. The Morgan fingerprint density at radius 3 is 2.76 bits per heavy atom. The highest BCUT2D eigenvalue weighted by atomic mass is 19.4. The van der Waals surface area contributed by atoms with Crippen LogP contribution in [0.1, 0.15) is 61.3 Å². The molecule has 0 atom stereocenters. The second-order valence-electron chi connectivity index (χ2n) is 8.49. The first-order chi connectivity index (χ1) is 15.7. The molecule has 0 radical (unpaired) electrons. The summed E-state index contributed by atoms with van der Waals surface area (Å²) in [5, 5.41) is 16.1. The number of rotatable bonds is 6. The molecule has 0 saturated heterocycles. The molecule has 4 rings (SSSR count). The number of nitrogens with zero attached hydrogens (tertiary/aromatic N) is 3. The number of carbonyl (C=O) groups is 1. The Balaban J connectivity index is 1.78. The number of aliphatic imine (C=N–C) groups is 1. The van der Waals surface area contributed by atoms with E-state index in [-0.39, 0.29) is 28.8 Å². The standard InChI is InChI=1S/C23H25F3N6O/c1-13(2)11-27-22(33)20-16-10-15(8-9-18(16)30-31-20)29-19(14-6-4-3-5-7-14)17-12-28-32-21(17)23(24,25)26/h6,8-10,12-13H,3-5,7,11H2,1-2H3,(H,27,33)(H,28,32)(H,30,31)/b29-19+. The Kier molecular flexibility index (Phi) is 6.35. The molecule has 1 aliphatic carbocycles. The molecule has 7 nitrogen and oxygen atoms in total. The van der Waals surface area contributed by atoms with Gasteiger partial charge in [-0.1, -0.05) is 19.9 Å². The lowest BCUT2D eigenvalue weighted by molar-refractivity contribution is -0.141. The first-order valence-electron chi connectivity index (χ1n) is 10.9. The number of fused-ring (bicyclic) bond motifs is 1. The van der Waals surface area contributed by atoms with E-state index in [0.29, 0.717) is 29.6 Å². The van der Waals surface area contributed by atoms with Gasteiger partial charge in [-0.15, -0.1) is 0 Å². The number of amides is 1. The molecule has 33 heavy (non-hydrogen) atoms. The lowest BCUT2D eigenvalue weighted by Gasteiger charge is -2.16. The second kappa shape index (κ2) is 9.21. The van der Waals surface area contributed by atoms with Crippen LogP contribution >= 0.6 is 0 Å². The van der Waals surface area contributed by atoms with Gasteiger partial charge in [-0.05, 0) is 55.4 Å². The van der Waals surface area contributed by atoms with Crippen LogP contribution in [0.25, 0.3) is 10.9 Å². The number of alkyl halides is 3. The fraction of sp³-hybridized carbons (Fsp3) is 0.391. The molecular formula is C23H25F3N6O. The van der Waals surface area contributed by atoms with Gasteiger partial charge in [-0.3, -0.25) is 15.0 Å². The van der Waals surface area contributed by atoms with E-state index in [1.165, 1.54) is 6.20 Å². The van der Waals surface area contributed by atoms with Crippen molar-refractivity contribution in [3.8, 4) is 0 Å². The normalized spacial score (nSPS) is 15.2. The van der Waals surface area contributed by atoms with Crippen LogP contribution in [-0.2, 0) is 6.18 Å². The van der Waals surface area contributed by atoms with Gasteiger partial charge < -0.3 is 5.32 Å². The highest BCUT2D eigenvalue weighted by Gasteiger charge is 2.38. The summed E-state index contributed by atoms with van der Waals surface area (Å²) in [5.41, 5.74) is 1.21. The van der Waals surface area contributed by atoms with Crippen LogP contribution in [0.3, 0.4) is 0 Å². The van der Waals surface area contributed by atoms with Crippen LogP contribution < -0.4 is 5.32 Å². The highest BCUT2D eigenvalue weighted by Crippen LogP contribution is 2.34. The number of H-pyrrole nitrogens is 2. The predicted octanol–water partition coefficient (Wildman–Crippen LogP) is 5.31. The van der Waals surface area contributed by atoms with E-state index in [1.54, 1.807) is 18.2 Å². The minimum absolute atomic E-state index is 0.0853. The first-order valence-corrected chi connectivity index (χ1v) is 10.9. The van der Waals surface area contributed by atoms with Gasteiger partial charge in [-0.2, -0.15) is 23.4 Å². The van der Waals surface area contributed by atoms with Crippen molar-refractivity contribution in [2.45, 2.75) is 45.7 Å². The van der Waals surface area contributed by atoms with Crippen LogP contribution in [0.4, 0.5) is 18.9 Å². The van der Waals surface area contributed by atoms with Gasteiger partial charge in [0.2, 0.25) is 0 Å². The van der Waals surface area contributed by atoms with E-state index in [2.05, 4.69) is 30.7 Å². The lowest BCUT2D eigenvalue weighted by atomic mass is 9.92. The summed E-state index contributed by atoms with van der Waals surface area (Å²) in [7, 11) is 0. The van der Waals surface area contributed by atoms with Gasteiger partial charge in [0.05, 0.1) is 22.5 Å². The number of nitrogens with one attached hydrogen (secondary N) is 3. The van der Waals surface area contributed by atoms with Gasteiger partial charge in [0.15, 0.2) is 11.4 Å². The van der Waals surface area contributed by atoms with Crippen molar-refractivity contribution < 1.29 is 18.0 Å². The Hall–Kier alpha value is -3.43. The number of benzene rings is 1. The molecule has 2 aromatic heterocycles. The molecule has 0 fully saturated rings. The maximum Gasteiger partial charge on any atom is 0.435 e. The quantitative estimate of drug-likeness (QED) is 0.437. The third-order valence-electron chi connectivity index (χ3n) is 5.43. The Bertz CT molecular complexity index is 1220. The van der Waals surface area contributed by atoms with Gasteiger partial charge in [0, 0.05) is 18.1 Å². The molecule has 1 aromatic carbocycles.